The Hall–Kier alpha value is -2.68. The first-order valence-corrected chi connectivity index (χ1v) is 7.65. The fourth-order valence-corrected chi connectivity index (χ4v) is 2.79. The van der Waals surface area contributed by atoms with Gasteiger partial charge in [-0.25, -0.2) is 15.0 Å². The second-order valence-electron chi connectivity index (χ2n) is 5.91. The first-order chi connectivity index (χ1) is 11.1. The fourth-order valence-electron chi connectivity index (χ4n) is 2.79. The van der Waals surface area contributed by atoms with Crippen molar-refractivity contribution in [2.24, 2.45) is 0 Å². The Morgan fingerprint density at radius 2 is 2.00 bits per heavy atom. The second kappa shape index (κ2) is 6.21. The normalized spacial score (nSPS) is 17.1. The molecule has 2 aromatic rings. The molecule has 1 unspecified atom stereocenters. The predicted molar refractivity (Wildman–Crippen MR) is 86.4 cm³/mol. The van der Waals surface area contributed by atoms with E-state index in [-0.39, 0.29) is 6.10 Å². The zero-order chi connectivity index (χ0) is 16.4. The number of nitriles is 1. The van der Waals surface area contributed by atoms with Crippen LogP contribution in [0.5, 0.6) is 6.01 Å². The minimum Gasteiger partial charge on any atom is -0.458 e. The molecule has 0 N–H and O–H groups in total. The fraction of sp³-hybridized carbons (Fsp3) is 0.412. The first-order valence-electron chi connectivity index (χ1n) is 7.65. The highest BCUT2D eigenvalue weighted by molar-refractivity contribution is 5.58. The molecule has 0 spiro atoms. The van der Waals surface area contributed by atoms with E-state index in [9.17, 15) is 5.26 Å². The molecule has 118 valence electrons. The maximum Gasteiger partial charge on any atom is 0.316 e. The van der Waals surface area contributed by atoms with Crippen molar-refractivity contribution < 1.29 is 4.74 Å². The van der Waals surface area contributed by atoms with Gasteiger partial charge in [0.25, 0.3) is 0 Å². The number of anilines is 1. The van der Waals surface area contributed by atoms with Crippen LogP contribution in [-0.4, -0.2) is 34.1 Å². The summed E-state index contributed by atoms with van der Waals surface area (Å²) < 4.78 is 5.84. The van der Waals surface area contributed by atoms with E-state index in [2.05, 4.69) is 25.9 Å². The SMILES string of the molecule is Cc1cnc(OC2CCN(c3nc(C)cc(C)c3C#N)C2)nc1. The topological polar surface area (TPSA) is 74.9 Å². The standard InChI is InChI=1S/C17H19N5O/c1-11-8-19-17(20-9-11)23-14-4-5-22(10-14)16-15(7-18)12(2)6-13(3)21-16/h6,8-9,14H,4-5,10H2,1-3H3. The Labute approximate surface area is 135 Å². The minimum atomic E-state index is 0.00636. The molecule has 6 nitrogen and oxygen atoms in total. The Morgan fingerprint density at radius 1 is 1.26 bits per heavy atom. The molecule has 23 heavy (non-hydrogen) atoms. The molecule has 0 saturated carbocycles. The van der Waals surface area contributed by atoms with Crippen LogP contribution in [0.2, 0.25) is 0 Å². The van der Waals surface area contributed by atoms with Crippen LogP contribution >= 0.6 is 0 Å². The molecule has 3 heterocycles. The molecule has 0 amide bonds. The van der Waals surface area contributed by atoms with Crippen molar-refractivity contribution in [1.29, 1.82) is 5.26 Å². The van der Waals surface area contributed by atoms with Crippen LogP contribution in [0, 0.1) is 32.1 Å². The van der Waals surface area contributed by atoms with Gasteiger partial charge in [0.2, 0.25) is 0 Å². The highest BCUT2D eigenvalue weighted by Gasteiger charge is 2.28. The minimum absolute atomic E-state index is 0.00636. The maximum absolute atomic E-state index is 9.41. The summed E-state index contributed by atoms with van der Waals surface area (Å²) in [5.74, 6) is 0.751. The van der Waals surface area contributed by atoms with E-state index in [0.29, 0.717) is 18.1 Å². The van der Waals surface area contributed by atoms with E-state index in [1.807, 2.05) is 26.8 Å². The van der Waals surface area contributed by atoms with Gasteiger partial charge in [-0.3, -0.25) is 0 Å². The average Bonchev–Trinajstić information content (AvgIpc) is 2.97. The van der Waals surface area contributed by atoms with E-state index >= 15 is 0 Å². The molecule has 1 fully saturated rings. The van der Waals surface area contributed by atoms with E-state index in [0.717, 1.165) is 35.6 Å². The number of rotatable bonds is 3. The molecule has 1 aliphatic heterocycles. The Kier molecular flexibility index (Phi) is 4.11. The summed E-state index contributed by atoms with van der Waals surface area (Å²) >= 11 is 0. The second-order valence-corrected chi connectivity index (χ2v) is 5.91. The van der Waals surface area contributed by atoms with Crippen molar-refractivity contribution >= 4 is 5.82 Å². The number of nitrogens with zero attached hydrogens (tertiary/aromatic N) is 5. The van der Waals surface area contributed by atoms with Crippen LogP contribution in [0.3, 0.4) is 0 Å². The third kappa shape index (κ3) is 3.24. The van der Waals surface area contributed by atoms with Crippen LogP contribution in [0.25, 0.3) is 0 Å². The zero-order valence-corrected chi connectivity index (χ0v) is 13.6. The lowest BCUT2D eigenvalue weighted by Crippen LogP contribution is -2.26. The summed E-state index contributed by atoms with van der Waals surface area (Å²) in [5.41, 5.74) is 3.52. The highest BCUT2D eigenvalue weighted by atomic mass is 16.5. The largest absolute Gasteiger partial charge is 0.458 e. The van der Waals surface area contributed by atoms with Crippen LogP contribution in [0.1, 0.15) is 28.8 Å². The van der Waals surface area contributed by atoms with Gasteiger partial charge in [0, 0.05) is 31.1 Å². The maximum atomic E-state index is 9.41. The van der Waals surface area contributed by atoms with Gasteiger partial charge in [-0.15, -0.1) is 0 Å². The van der Waals surface area contributed by atoms with Crippen molar-refractivity contribution in [3.63, 3.8) is 0 Å². The molecule has 1 atom stereocenters. The molecule has 0 aromatic carbocycles. The van der Waals surface area contributed by atoms with Gasteiger partial charge in [-0.05, 0) is 38.0 Å². The van der Waals surface area contributed by atoms with Gasteiger partial charge in [-0.2, -0.15) is 5.26 Å². The Bertz CT molecular complexity index is 751. The van der Waals surface area contributed by atoms with Gasteiger partial charge in [0.1, 0.15) is 18.0 Å². The van der Waals surface area contributed by atoms with Gasteiger partial charge >= 0.3 is 6.01 Å². The van der Waals surface area contributed by atoms with E-state index in [1.165, 1.54) is 0 Å². The summed E-state index contributed by atoms with van der Waals surface area (Å²) in [6.45, 7) is 7.32. The molecule has 0 radical (unpaired) electrons. The molecule has 2 aromatic heterocycles. The quantitative estimate of drug-likeness (QED) is 0.866. The number of pyridine rings is 1. The van der Waals surface area contributed by atoms with Gasteiger partial charge in [0.05, 0.1) is 12.1 Å². The lowest BCUT2D eigenvalue weighted by Gasteiger charge is -2.20. The number of aromatic nitrogens is 3. The summed E-state index contributed by atoms with van der Waals surface area (Å²) in [6.07, 6.45) is 4.35. The highest BCUT2D eigenvalue weighted by Crippen LogP contribution is 2.26. The number of hydrogen-bond donors (Lipinski definition) is 0. The third-order valence-corrected chi connectivity index (χ3v) is 3.91. The van der Waals surface area contributed by atoms with Gasteiger partial charge < -0.3 is 9.64 Å². The van der Waals surface area contributed by atoms with Crippen LogP contribution < -0.4 is 9.64 Å². The molecule has 0 bridgehead atoms. The Morgan fingerprint density at radius 3 is 2.70 bits per heavy atom. The molecular weight excluding hydrogens is 290 g/mol. The summed E-state index contributed by atoms with van der Waals surface area (Å²) in [6, 6.07) is 4.61. The number of ether oxygens (including phenoxy) is 1. The van der Waals surface area contributed by atoms with Crippen LogP contribution in [-0.2, 0) is 0 Å². The summed E-state index contributed by atoms with van der Waals surface area (Å²) in [5, 5.41) is 9.41. The van der Waals surface area contributed by atoms with Crippen molar-refractivity contribution in [3.05, 3.63) is 40.8 Å². The average molecular weight is 309 g/mol. The van der Waals surface area contributed by atoms with E-state index in [4.69, 9.17) is 4.74 Å². The molecule has 1 saturated heterocycles. The first kappa shape index (κ1) is 15.2. The molecule has 0 aliphatic carbocycles. The van der Waals surface area contributed by atoms with Crippen LogP contribution in [0.4, 0.5) is 5.82 Å². The lowest BCUT2D eigenvalue weighted by molar-refractivity contribution is 0.206. The monoisotopic (exact) mass is 309 g/mol. The smallest absolute Gasteiger partial charge is 0.316 e. The summed E-state index contributed by atoms with van der Waals surface area (Å²) in [4.78, 5) is 15.0. The van der Waals surface area contributed by atoms with Crippen LogP contribution in [0.15, 0.2) is 18.5 Å². The van der Waals surface area contributed by atoms with Crippen molar-refractivity contribution in [2.45, 2.75) is 33.3 Å². The zero-order valence-electron chi connectivity index (χ0n) is 13.6. The summed E-state index contributed by atoms with van der Waals surface area (Å²) in [7, 11) is 0. The predicted octanol–water partition coefficient (Wildman–Crippen LogP) is 2.33. The molecular formula is C17H19N5O. The van der Waals surface area contributed by atoms with Gasteiger partial charge in [0.15, 0.2) is 0 Å². The number of hydrogen-bond acceptors (Lipinski definition) is 6. The van der Waals surface area contributed by atoms with Crippen molar-refractivity contribution in [1.82, 2.24) is 15.0 Å². The van der Waals surface area contributed by atoms with Gasteiger partial charge in [-0.1, -0.05) is 0 Å². The van der Waals surface area contributed by atoms with E-state index < -0.39 is 0 Å². The van der Waals surface area contributed by atoms with Crippen molar-refractivity contribution in [3.8, 4) is 12.1 Å². The van der Waals surface area contributed by atoms with E-state index in [1.54, 1.807) is 12.4 Å². The lowest BCUT2D eigenvalue weighted by atomic mass is 10.1. The molecule has 6 heteroatoms. The van der Waals surface area contributed by atoms with Crippen molar-refractivity contribution in [2.75, 3.05) is 18.0 Å². The Balaban J connectivity index is 1.75. The molecule has 3 rings (SSSR count). The number of aryl methyl sites for hydroxylation is 3. The molecule has 1 aliphatic rings. The third-order valence-electron chi connectivity index (χ3n) is 3.91.